The lowest BCUT2D eigenvalue weighted by atomic mass is 10.2. The van der Waals surface area contributed by atoms with E-state index in [0.29, 0.717) is 18.7 Å². The van der Waals surface area contributed by atoms with Gasteiger partial charge in [0.1, 0.15) is 6.61 Å². The van der Waals surface area contributed by atoms with Gasteiger partial charge in [-0.3, -0.25) is 0 Å². The number of piperazine rings is 1. The number of hydrogen-bond donors (Lipinski definition) is 1. The smallest absolute Gasteiger partial charge is 0.410 e. The van der Waals surface area contributed by atoms with E-state index in [4.69, 9.17) is 4.74 Å². The van der Waals surface area contributed by atoms with Crippen LogP contribution in [0.4, 0.5) is 4.79 Å². The summed E-state index contributed by atoms with van der Waals surface area (Å²) < 4.78 is 5.32. The molecule has 1 aromatic rings. The highest BCUT2D eigenvalue weighted by molar-refractivity contribution is 5.69. The second kappa shape index (κ2) is 4.37. The van der Waals surface area contributed by atoms with Crippen LogP contribution < -0.4 is 5.32 Å². The second-order valence-electron chi connectivity index (χ2n) is 4.69. The van der Waals surface area contributed by atoms with Crippen molar-refractivity contribution in [2.75, 3.05) is 13.1 Å². The summed E-state index contributed by atoms with van der Waals surface area (Å²) in [6, 6.07) is 10.6. The highest BCUT2D eigenvalue weighted by Gasteiger charge is 2.40. The van der Waals surface area contributed by atoms with Crippen molar-refractivity contribution in [3.8, 4) is 0 Å². The van der Waals surface area contributed by atoms with E-state index in [1.54, 1.807) is 0 Å². The predicted molar refractivity (Wildman–Crippen MR) is 63.5 cm³/mol. The Morgan fingerprint density at radius 2 is 2.24 bits per heavy atom. The van der Waals surface area contributed by atoms with E-state index in [1.807, 2.05) is 35.2 Å². The summed E-state index contributed by atoms with van der Waals surface area (Å²) in [5, 5.41) is 3.37. The summed E-state index contributed by atoms with van der Waals surface area (Å²) in [6.07, 6.45) is 0.892. The quantitative estimate of drug-likeness (QED) is 0.837. The van der Waals surface area contributed by atoms with Gasteiger partial charge < -0.3 is 15.0 Å². The number of likely N-dealkylation sites (tertiary alicyclic amines) is 1. The van der Waals surface area contributed by atoms with E-state index in [1.165, 1.54) is 0 Å². The average Bonchev–Trinajstić information content (AvgIpc) is 2.99. The Morgan fingerprint density at radius 3 is 2.88 bits per heavy atom. The Labute approximate surface area is 101 Å². The van der Waals surface area contributed by atoms with Crippen LogP contribution in [0.5, 0.6) is 0 Å². The normalized spacial score (nSPS) is 26.2. The number of fused-ring (bicyclic) bond motifs is 2. The van der Waals surface area contributed by atoms with Crippen LogP contribution in [-0.4, -0.2) is 36.2 Å². The predicted octanol–water partition coefficient (Wildman–Crippen LogP) is 1.37. The number of carbonyl (C=O) groups is 1. The van der Waals surface area contributed by atoms with E-state index in [2.05, 4.69) is 5.32 Å². The molecule has 0 unspecified atom stereocenters. The zero-order valence-corrected chi connectivity index (χ0v) is 9.63. The van der Waals surface area contributed by atoms with E-state index in [0.717, 1.165) is 25.1 Å². The number of rotatable bonds is 2. The monoisotopic (exact) mass is 232 g/mol. The Hall–Kier alpha value is -1.55. The molecular formula is C13H16N2O2. The fourth-order valence-electron chi connectivity index (χ4n) is 2.59. The SMILES string of the molecule is O=C(OCc1ccccc1)N1C[C@H]2C[C@H]1CN2. The zero-order valence-electron chi connectivity index (χ0n) is 9.63. The number of hydrogen-bond acceptors (Lipinski definition) is 3. The molecule has 2 aliphatic heterocycles. The standard InChI is InChI=1S/C13H16N2O2/c16-13(15-8-11-6-12(15)7-14-11)17-9-10-4-2-1-3-5-10/h1-5,11-12,14H,6-9H2/t11-,12+/m1/s1. The van der Waals surface area contributed by atoms with Crippen LogP contribution in [0.15, 0.2) is 30.3 Å². The van der Waals surface area contributed by atoms with Gasteiger partial charge >= 0.3 is 6.09 Å². The van der Waals surface area contributed by atoms with Crippen LogP contribution in [0.3, 0.4) is 0 Å². The molecule has 0 aliphatic carbocycles. The number of nitrogens with zero attached hydrogens (tertiary/aromatic N) is 1. The molecule has 2 aliphatic rings. The molecule has 2 fully saturated rings. The Balaban J connectivity index is 1.54. The minimum Gasteiger partial charge on any atom is -0.445 e. The number of benzene rings is 1. The van der Waals surface area contributed by atoms with Gasteiger partial charge in [0.05, 0.1) is 0 Å². The number of carbonyl (C=O) groups excluding carboxylic acids is 1. The molecule has 0 spiro atoms. The molecule has 4 heteroatoms. The topological polar surface area (TPSA) is 41.6 Å². The molecule has 1 aromatic carbocycles. The van der Waals surface area contributed by atoms with E-state index < -0.39 is 0 Å². The first kappa shape index (κ1) is 10.6. The summed E-state index contributed by atoms with van der Waals surface area (Å²) in [7, 11) is 0. The van der Waals surface area contributed by atoms with E-state index in [9.17, 15) is 4.79 Å². The highest BCUT2D eigenvalue weighted by atomic mass is 16.6. The zero-order chi connectivity index (χ0) is 11.7. The molecule has 2 saturated heterocycles. The molecule has 17 heavy (non-hydrogen) atoms. The Morgan fingerprint density at radius 1 is 1.41 bits per heavy atom. The first-order valence-corrected chi connectivity index (χ1v) is 6.03. The van der Waals surface area contributed by atoms with Crippen molar-refractivity contribution in [1.29, 1.82) is 0 Å². The molecular weight excluding hydrogens is 216 g/mol. The van der Waals surface area contributed by atoms with Crippen LogP contribution in [0, 0.1) is 0 Å². The summed E-state index contributed by atoms with van der Waals surface area (Å²) in [5.74, 6) is 0. The van der Waals surface area contributed by atoms with E-state index in [-0.39, 0.29) is 6.09 Å². The van der Waals surface area contributed by atoms with Gasteiger partial charge in [0.25, 0.3) is 0 Å². The second-order valence-corrected chi connectivity index (χ2v) is 4.69. The van der Waals surface area contributed by atoms with Crippen molar-refractivity contribution >= 4 is 6.09 Å². The largest absolute Gasteiger partial charge is 0.445 e. The van der Waals surface area contributed by atoms with Gasteiger partial charge in [-0.2, -0.15) is 0 Å². The van der Waals surface area contributed by atoms with Crippen molar-refractivity contribution in [2.24, 2.45) is 0 Å². The lowest BCUT2D eigenvalue weighted by molar-refractivity contribution is 0.0879. The van der Waals surface area contributed by atoms with Crippen molar-refractivity contribution in [3.05, 3.63) is 35.9 Å². The Bertz CT molecular complexity index is 407. The van der Waals surface area contributed by atoms with Crippen molar-refractivity contribution in [2.45, 2.75) is 25.1 Å². The molecule has 0 radical (unpaired) electrons. The van der Waals surface area contributed by atoms with Crippen LogP contribution in [0.25, 0.3) is 0 Å². The molecule has 3 rings (SSSR count). The Kier molecular flexibility index (Phi) is 2.73. The van der Waals surface area contributed by atoms with Crippen LogP contribution in [0.2, 0.25) is 0 Å². The van der Waals surface area contributed by atoms with Gasteiger partial charge in [-0.25, -0.2) is 4.79 Å². The number of nitrogens with one attached hydrogen (secondary N) is 1. The molecule has 4 nitrogen and oxygen atoms in total. The first-order chi connectivity index (χ1) is 8.33. The lowest BCUT2D eigenvalue weighted by Gasteiger charge is -2.26. The van der Waals surface area contributed by atoms with Gasteiger partial charge in [0.2, 0.25) is 0 Å². The highest BCUT2D eigenvalue weighted by Crippen LogP contribution is 2.23. The third-order valence-electron chi connectivity index (χ3n) is 3.50. The molecule has 2 bridgehead atoms. The molecule has 90 valence electrons. The maximum Gasteiger partial charge on any atom is 0.410 e. The van der Waals surface area contributed by atoms with Gasteiger partial charge in [-0.05, 0) is 12.0 Å². The van der Waals surface area contributed by atoms with Gasteiger partial charge in [-0.1, -0.05) is 30.3 Å². The summed E-state index contributed by atoms with van der Waals surface area (Å²) in [6.45, 7) is 2.06. The summed E-state index contributed by atoms with van der Waals surface area (Å²) >= 11 is 0. The molecule has 2 heterocycles. The van der Waals surface area contributed by atoms with Crippen LogP contribution in [-0.2, 0) is 11.3 Å². The fourth-order valence-corrected chi connectivity index (χ4v) is 2.59. The van der Waals surface area contributed by atoms with Crippen molar-refractivity contribution < 1.29 is 9.53 Å². The minimum atomic E-state index is -0.178. The third kappa shape index (κ3) is 2.13. The van der Waals surface area contributed by atoms with Gasteiger partial charge in [-0.15, -0.1) is 0 Å². The summed E-state index contributed by atoms with van der Waals surface area (Å²) in [5.41, 5.74) is 1.03. The maximum atomic E-state index is 11.9. The van der Waals surface area contributed by atoms with Crippen molar-refractivity contribution in [1.82, 2.24) is 10.2 Å². The fraction of sp³-hybridized carbons (Fsp3) is 0.462. The molecule has 1 N–H and O–H groups in total. The molecule has 1 amide bonds. The van der Waals surface area contributed by atoms with E-state index >= 15 is 0 Å². The molecule has 2 atom stereocenters. The lowest BCUT2D eigenvalue weighted by Crippen LogP contribution is -2.46. The molecule has 0 saturated carbocycles. The van der Waals surface area contributed by atoms with Crippen LogP contribution in [0.1, 0.15) is 12.0 Å². The van der Waals surface area contributed by atoms with Crippen LogP contribution >= 0.6 is 0 Å². The third-order valence-corrected chi connectivity index (χ3v) is 3.50. The van der Waals surface area contributed by atoms with Gasteiger partial charge in [0.15, 0.2) is 0 Å². The molecule has 0 aromatic heterocycles. The van der Waals surface area contributed by atoms with Crippen molar-refractivity contribution in [3.63, 3.8) is 0 Å². The minimum absolute atomic E-state index is 0.178. The number of amides is 1. The van der Waals surface area contributed by atoms with Gasteiger partial charge in [0, 0.05) is 25.2 Å². The number of ether oxygens (including phenoxy) is 1. The first-order valence-electron chi connectivity index (χ1n) is 6.03. The average molecular weight is 232 g/mol. The maximum absolute atomic E-state index is 11.9. The summed E-state index contributed by atoms with van der Waals surface area (Å²) in [4.78, 5) is 13.7.